The van der Waals surface area contributed by atoms with Gasteiger partial charge < -0.3 is 19.1 Å². The molecule has 4 aromatic rings. The van der Waals surface area contributed by atoms with Gasteiger partial charge in [-0.1, -0.05) is 48.0 Å². The fraction of sp³-hybridized carbons (Fsp3) is 0.269. The highest BCUT2D eigenvalue weighted by atomic mass is 16.5. The maximum Gasteiger partial charge on any atom is 0.148 e. The molecule has 3 aromatic carbocycles. The van der Waals surface area contributed by atoms with E-state index in [0.29, 0.717) is 13.2 Å². The van der Waals surface area contributed by atoms with Gasteiger partial charge in [0.2, 0.25) is 0 Å². The van der Waals surface area contributed by atoms with Crippen molar-refractivity contribution in [1.82, 2.24) is 9.55 Å². The van der Waals surface area contributed by atoms with Crippen molar-refractivity contribution in [2.24, 2.45) is 0 Å². The van der Waals surface area contributed by atoms with Crippen LogP contribution in [-0.2, 0) is 13.2 Å². The smallest absolute Gasteiger partial charge is 0.148 e. The van der Waals surface area contributed by atoms with Gasteiger partial charge >= 0.3 is 0 Å². The molecule has 1 atom stereocenters. The predicted molar refractivity (Wildman–Crippen MR) is 123 cm³/mol. The van der Waals surface area contributed by atoms with Crippen LogP contribution in [0, 0.1) is 20.8 Å². The standard InChI is InChI=1S/C26H28N2O3/c1-18-12-13-25(20(3)14-18)31-17-26-27-22-9-5-6-10-23(22)28(26)15-21(29)16-30-24-11-7-4-8-19(24)2/h4-14,21,29H,15-17H2,1-3H3. The van der Waals surface area contributed by atoms with E-state index in [2.05, 4.69) is 13.0 Å². The third kappa shape index (κ3) is 4.89. The number of aromatic nitrogens is 2. The minimum atomic E-state index is -0.683. The van der Waals surface area contributed by atoms with E-state index in [1.165, 1.54) is 5.56 Å². The molecule has 31 heavy (non-hydrogen) atoms. The monoisotopic (exact) mass is 416 g/mol. The SMILES string of the molecule is Cc1ccc(OCc2nc3ccccc3n2CC(O)COc2ccccc2C)c(C)c1. The molecule has 0 aliphatic rings. The highest BCUT2D eigenvalue weighted by molar-refractivity contribution is 5.75. The van der Waals surface area contributed by atoms with Crippen molar-refractivity contribution in [3.8, 4) is 11.5 Å². The first-order valence-corrected chi connectivity index (χ1v) is 10.5. The quantitative estimate of drug-likeness (QED) is 0.440. The van der Waals surface area contributed by atoms with Gasteiger partial charge in [0.05, 0.1) is 17.6 Å². The van der Waals surface area contributed by atoms with Crippen LogP contribution in [0.3, 0.4) is 0 Å². The largest absolute Gasteiger partial charge is 0.491 e. The number of fused-ring (bicyclic) bond motifs is 1. The van der Waals surface area contributed by atoms with E-state index >= 15 is 0 Å². The van der Waals surface area contributed by atoms with Crippen LogP contribution in [-0.4, -0.2) is 27.4 Å². The Morgan fingerprint density at radius 1 is 0.871 bits per heavy atom. The minimum absolute atomic E-state index is 0.203. The maximum absolute atomic E-state index is 10.7. The molecule has 0 amide bonds. The summed E-state index contributed by atoms with van der Waals surface area (Å²) < 4.78 is 13.9. The lowest BCUT2D eigenvalue weighted by Gasteiger charge is -2.17. The van der Waals surface area contributed by atoms with Crippen LogP contribution >= 0.6 is 0 Å². The highest BCUT2D eigenvalue weighted by Crippen LogP contribution is 2.22. The van der Waals surface area contributed by atoms with Crippen LogP contribution in [0.15, 0.2) is 66.7 Å². The zero-order chi connectivity index (χ0) is 21.8. The summed E-state index contributed by atoms with van der Waals surface area (Å²) in [7, 11) is 0. The second-order valence-corrected chi connectivity index (χ2v) is 7.92. The Labute approximate surface area is 182 Å². The van der Waals surface area contributed by atoms with E-state index in [0.717, 1.165) is 39.5 Å². The van der Waals surface area contributed by atoms with Crippen molar-refractivity contribution in [2.75, 3.05) is 6.61 Å². The summed E-state index contributed by atoms with van der Waals surface area (Å²) >= 11 is 0. The number of rotatable bonds is 8. The lowest BCUT2D eigenvalue weighted by atomic mass is 10.1. The minimum Gasteiger partial charge on any atom is -0.491 e. The maximum atomic E-state index is 10.7. The number of nitrogens with zero attached hydrogens (tertiary/aromatic N) is 2. The van der Waals surface area contributed by atoms with Crippen LogP contribution < -0.4 is 9.47 Å². The van der Waals surface area contributed by atoms with E-state index in [9.17, 15) is 5.11 Å². The molecule has 1 N–H and O–H groups in total. The third-order valence-electron chi connectivity index (χ3n) is 5.34. The van der Waals surface area contributed by atoms with Gasteiger partial charge in [-0.2, -0.15) is 0 Å². The molecule has 0 aliphatic heterocycles. The molecule has 1 heterocycles. The molecule has 1 unspecified atom stereocenters. The highest BCUT2D eigenvalue weighted by Gasteiger charge is 2.16. The second-order valence-electron chi connectivity index (χ2n) is 7.92. The third-order valence-corrected chi connectivity index (χ3v) is 5.34. The zero-order valence-corrected chi connectivity index (χ0v) is 18.2. The van der Waals surface area contributed by atoms with Gasteiger partial charge in [-0.25, -0.2) is 4.98 Å². The van der Waals surface area contributed by atoms with Crippen molar-refractivity contribution < 1.29 is 14.6 Å². The van der Waals surface area contributed by atoms with Crippen molar-refractivity contribution in [1.29, 1.82) is 0 Å². The van der Waals surface area contributed by atoms with E-state index < -0.39 is 6.10 Å². The Balaban J connectivity index is 1.51. The van der Waals surface area contributed by atoms with Crippen LogP contribution in [0.4, 0.5) is 0 Å². The zero-order valence-electron chi connectivity index (χ0n) is 18.2. The number of aryl methyl sites for hydroxylation is 3. The predicted octanol–water partition coefficient (Wildman–Crippen LogP) is 4.98. The summed E-state index contributed by atoms with van der Waals surface area (Å²) in [6, 6.07) is 21.9. The molecule has 160 valence electrons. The first kappa shape index (κ1) is 20.9. The van der Waals surface area contributed by atoms with Crippen LogP contribution in [0.2, 0.25) is 0 Å². The van der Waals surface area contributed by atoms with Crippen LogP contribution in [0.25, 0.3) is 11.0 Å². The van der Waals surface area contributed by atoms with Gasteiger partial charge in [0.1, 0.15) is 36.6 Å². The Morgan fingerprint density at radius 2 is 1.61 bits per heavy atom. The Bertz CT molecular complexity index is 1180. The molecule has 0 saturated heterocycles. The van der Waals surface area contributed by atoms with Gasteiger partial charge in [0.25, 0.3) is 0 Å². The molecule has 0 fully saturated rings. The number of imidazole rings is 1. The summed E-state index contributed by atoms with van der Waals surface area (Å²) in [6.45, 7) is 7.00. The fourth-order valence-electron chi connectivity index (χ4n) is 3.71. The average Bonchev–Trinajstić information content (AvgIpc) is 3.10. The molecular weight excluding hydrogens is 388 g/mol. The summed E-state index contributed by atoms with van der Waals surface area (Å²) in [5, 5.41) is 10.7. The molecule has 5 nitrogen and oxygen atoms in total. The molecule has 1 aromatic heterocycles. The molecule has 0 saturated carbocycles. The number of aliphatic hydroxyl groups excluding tert-OH is 1. The van der Waals surface area contributed by atoms with E-state index in [1.807, 2.05) is 79.1 Å². The van der Waals surface area contributed by atoms with Gasteiger partial charge in [-0.15, -0.1) is 0 Å². The van der Waals surface area contributed by atoms with Crippen LogP contribution in [0.1, 0.15) is 22.5 Å². The average molecular weight is 417 g/mol. The van der Waals surface area contributed by atoms with Gasteiger partial charge in [0, 0.05) is 0 Å². The summed E-state index contributed by atoms with van der Waals surface area (Å²) in [5.74, 6) is 2.40. The van der Waals surface area contributed by atoms with Crippen molar-refractivity contribution in [3.63, 3.8) is 0 Å². The molecule has 5 heteroatoms. The molecule has 0 radical (unpaired) electrons. The lowest BCUT2D eigenvalue weighted by Crippen LogP contribution is -2.25. The number of aliphatic hydroxyl groups is 1. The molecule has 0 bridgehead atoms. The van der Waals surface area contributed by atoms with Gasteiger partial charge in [-0.05, 0) is 56.2 Å². The van der Waals surface area contributed by atoms with Crippen LogP contribution in [0.5, 0.6) is 11.5 Å². The number of ether oxygens (including phenoxy) is 2. The summed E-state index contributed by atoms with van der Waals surface area (Å²) in [5.41, 5.74) is 5.19. The summed E-state index contributed by atoms with van der Waals surface area (Å²) in [4.78, 5) is 4.75. The van der Waals surface area contributed by atoms with Crippen molar-refractivity contribution in [2.45, 2.75) is 40.0 Å². The van der Waals surface area contributed by atoms with Crippen molar-refractivity contribution >= 4 is 11.0 Å². The number of hydrogen-bond acceptors (Lipinski definition) is 4. The lowest BCUT2D eigenvalue weighted by molar-refractivity contribution is 0.0914. The molecular formula is C26H28N2O3. The summed E-state index contributed by atoms with van der Waals surface area (Å²) in [6.07, 6.45) is -0.683. The topological polar surface area (TPSA) is 56.5 Å². The molecule has 0 aliphatic carbocycles. The Kier molecular flexibility index (Phi) is 6.23. The van der Waals surface area contributed by atoms with Gasteiger partial charge in [0.15, 0.2) is 0 Å². The molecule has 0 spiro atoms. The second kappa shape index (κ2) is 9.23. The molecule has 4 rings (SSSR count). The normalized spacial score (nSPS) is 12.1. The fourth-order valence-corrected chi connectivity index (χ4v) is 3.71. The number of hydrogen-bond donors (Lipinski definition) is 1. The Hall–Kier alpha value is -3.31. The number of para-hydroxylation sites is 3. The van der Waals surface area contributed by atoms with E-state index in [4.69, 9.17) is 14.5 Å². The first-order chi connectivity index (χ1) is 15.0. The number of benzene rings is 3. The van der Waals surface area contributed by atoms with Gasteiger partial charge in [-0.3, -0.25) is 0 Å². The first-order valence-electron chi connectivity index (χ1n) is 10.5. The van der Waals surface area contributed by atoms with E-state index in [-0.39, 0.29) is 6.61 Å². The van der Waals surface area contributed by atoms with E-state index in [1.54, 1.807) is 0 Å². The van der Waals surface area contributed by atoms with Crippen molar-refractivity contribution in [3.05, 3.63) is 89.2 Å². The Morgan fingerprint density at radius 3 is 2.42 bits per heavy atom.